The van der Waals surface area contributed by atoms with E-state index in [9.17, 15) is 9.59 Å². The molecule has 3 aromatic rings. The Labute approximate surface area is 143 Å². The number of hydrogen-bond donors (Lipinski definition) is 0. The number of hydrogen-bond acceptors (Lipinski definition) is 5. The second kappa shape index (κ2) is 6.51. The summed E-state index contributed by atoms with van der Waals surface area (Å²) in [4.78, 5) is 31.3. The molecular formula is C18H18N4O3. The van der Waals surface area contributed by atoms with Gasteiger partial charge in [0.2, 0.25) is 12.3 Å². The Kier molecular flexibility index (Phi) is 4.05. The Morgan fingerprint density at radius 2 is 2.12 bits per heavy atom. The standard InChI is InChI=1S/C18H18N4O3/c23-16(22-9-4-3-7-15(22)17-19-12-25-20-17)11-21-10-8-13-5-1-2-6-14(13)18(21)24/h1-2,5-6,8,10,12,15H,3-4,7,9,11H2/t15-/m1/s1. The summed E-state index contributed by atoms with van der Waals surface area (Å²) in [6.07, 6.45) is 5.71. The summed E-state index contributed by atoms with van der Waals surface area (Å²) in [5, 5.41) is 5.38. The molecule has 128 valence electrons. The van der Waals surface area contributed by atoms with Crippen LogP contribution in [-0.4, -0.2) is 32.1 Å². The minimum Gasteiger partial charge on any atom is -0.343 e. The fourth-order valence-corrected chi connectivity index (χ4v) is 3.41. The Hall–Kier alpha value is -2.96. The lowest BCUT2D eigenvalue weighted by molar-refractivity contribution is -0.136. The van der Waals surface area contributed by atoms with Crippen LogP contribution in [0.3, 0.4) is 0 Å². The first kappa shape index (κ1) is 15.6. The van der Waals surface area contributed by atoms with Gasteiger partial charge < -0.3 is 14.0 Å². The number of amides is 1. The van der Waals surface area contributed by atoms with Crippen molar-refractivity contribution in [2.24, 2.45) is 0 Å². The van der Waals surface area contributed by atoms with Crippen molar-refractivity contribution in [2.45, 2.75) is 31.8 Å². The van der Waals surface area contributed by atoms with E-state index in [0.717, 1.165) is 24.6 Å². The third kappa shape index (κ3) is 2.93. The van der Waals surface area contributed by atoms with Gasteiger partial charge in [0, 0.05) is 18.1 Å². The molecule has 1 atom stereocenters. The molecule has 0 radical (unpaired) electrons. The highest BCUT2D eigenvalue weighted by atomic mass is 16.5. The van der Waals surface area contributed by atoms with Gasteiger partial charge in [-0.3, -0.25) is 9.59 Å². The molecule has 3 heterocycles. The monoisotopic (exact) mass is 338 g/mol. The van der Waals surface area contributed by atoms with E-state index >= 15 is 0 Å². The Bertz CT molecular complexity index is 948. The van der Waals surface area contributed by atoms with Crippen molar-refractivity contribution >= 4 is 16.7 Å². The summed E-state index contributed by atoms with van der Waals surface area (Å²) in [5.41, 5.74) is -0.153. The van der Waals surface area contributed by atoms with Crippen LogP contribution in [0.5, 0.6) is 0 Å². The second-order valence-electron chi connectivity index (χ2n) is 6.22. The number of carbonyl (C=O) groups excluding carboxylic acids is 1. The summed E-state index contributed by atoms with van der Waals surface area (Å²) in [6.45, 7) is 0.651. The fourth-order valence-electron chi connectivity index (χ4n) is 3.41. The molecule has 25 heavy (non-hydrogen) atoms. The molecule has 1 saturated heterocycles. The van der Waals surface area contributed by atoms with Gasteiger partial charge in [0.15, 0.2) is 5.82 Å². The molecule has 1 amide bonds. The van der Waals surface area contributed by atoms with E-state index < -0.39 is 0 Å². The third-order valence-electron chi connectivity index (χ3n) is 4.69. The van der Waals surface area contributed by atoms with Gasteiger partial charge >= 0.3 is 0 Å². The number of piperidine rings is 1. The lowest BCUT2D eigenvalue weighted by Crippen LogP contribution is -2.42. The molecule has 1 aliphatic rings. The number of likely N-dealkylation sites (tertiary alicyclic amines) is 1. The number of benzene rings is 1. The predicted molar refractivity (Wildman–Crippen MR) is 90.8 cm³/mol. The molecule has 1 aromatic carbocycles. The maximum atomic E-state index is 12.8. The van der Waals surface area contributed by atoms with Crippen LogP contribution in [-0.2, 0) is 11.3 Å². The first-order valence-corrected chi connectivity index (χ1v) is 8.38. The normalized spacial score (nSPS) is 17.8. The predicted octanol–water partition coefficient (Wildman–Crippen LogP) is 2.14. The molecule has 0 bridgehead atoms. The van der Waals surface area contributed by atoms with Gasteiger partial charge in [-0.25, -0.2) is 0 Å². The first-order valence-electron chi connectivity index (χ1n) is 8.38. The van der Waals surface area contributed by atoms with E-state index in [2.05, 4.69) is 10.1 Å². The van der Waals surface area contributed by atoms with Crippen molar-refractivity contribution in [2.75, 3.05) is 6.54 Å². The van der Waals surface area contributed by atoms with Gasteiger partial charge in [-0.1, -0.05) is 23.4 Å². The number of nitrogens with zero attached hydrogens (tertiary/aromatic N) is 4. The third-order valence-corrected chi connectivity index (χ3v) is 4.69. The molecule has 2 aromatic heterocycles. The van der Waals surface area contributed by atoms with Gasteiger partial charge in [-0.05, 0) is 36.8 Å². The van der Waals surface area contributed by atoms with Gasteiger partial charge in [-0.2, -0.15) is 4.98 Å². The number of carbonyl (C=O) groups is 1. The summed E-state index contributed by atoms with van der Waals surface area (Å²) in [7, 11) is 0. The van der Waals surface area contributed by atoms with Crippen LogP contribution in [0.25, 0.3) is 10.8 Å². The average molecular weight is 338 g/mol. The minimum absolute atomic E-state index is 0.0119. The highest BCUT2D eigenvalue weighted by Crippen LogP contribution is 2.28. The van der Waals surface area contributed by atoms with Gasteiger partial charge in [0.1, 0.15) is 6.54 Å². The van der Waals surface area contributed by atoms with Crippen LogP contribution in [0, 0.1) is 0 Å². The molecule has 0 saturated carbocycles. The zero-order chi connectivity index (χ0) is 17.2. The maximum Gasteiger partial charge on any atom is 0.258 e. The van der Waals surface area contributed by atoms with E-state index in [4.69, 9.17) is 4.52 Å². The molecule has 0 aliphatic carbocycles. The summed E-state index contributed by atoms with van der Waals surface area (Å²) in [5.74, 6) is 0.422. The lowest BCUT2D eigenvalue weighted by atomic mass is 10.0. The average Bonchev–Trinajstić information content (AvgIpc) is 3.19. The van der Waals surface area contributed by atoms with Crippen LogP contribution in [0.15, 0.2) is 52.2 Å². The van der Waals surface area contributed by atoms with E-state index in [0.29, 0.717) is 17.8 Å². The molecule has 0 spiro atoms. The molecule has 1 aliphatic heterocycles. The van der Waals surface area contributed by atoms with Crippen molar-refractivity contribution in [3.63, 3.8) is 0 Å². The molecule has 0 N–H and O–H groups in total. The molecule has 7 heteroatoms. The lowest BCUT2D eigenvalue weighted by Gasteiger charge is -2.34. The number of fused-ring (bicyclic) bond motifs is 1. The van der Waals surface area contributed by atoms with Crippen LogP contribution < -0.4 is 5.56 Å². The SMILES string of the molecule is O=C(Cn1ccc2ccccc2c1=O)N1CCCC[C@@H]1c1ncon1. The van der Waals surface area contributed by atoms with E-state index in [-0.39, 0.29) is 24.1 Å². The first-order chi connectivity index (χ1) is 12.2. The van der Waals surface area contributed by atoms with Crippen molar-refractivity contribution in [3.05, 3.63) is 59.1 Å². The summed E-state index contributed by atoms with van der Waals surface area (Å²) in [6, 6.07) is 9.06. The highest BCUT2D eigenvalue weighted by Gasteiger charge is 2.30. The molecule has 1 fully saturated rings. The van der Waals surface area contributed by atoms with Gasteiger partial charge in [0.25, 0.3) is 5.56 Å². The quantitative estimate of drug-likeness (QED) is 0.731. The number of rotatable bonds is 3. The zero-order valence-corrected chi connectivity index (χ0v) is 13.7. The largest absolute Gasteiger partial charge is 0.343 e. The fraction of sp³-hybridized carbons (Fsp3) is 0.333. The van der Waals surface area contributed by atoms with E-state index in [1.807, 2.05) is 24.3 Å². The Morgan fingerprint density at radius 3 is 2.96 bits per heavy atom. The van der Waals surface area contributed by atoms with Crippen molar-refractivity contribution < 1.29 is 9.32 Å². The van der Waals surface area contributed by atoms with E-state index in [1.54, 1.807) is 17.2 Å². The van der Waals surface area contributed by atoms with Gasteiger partial charge in [-0.15, -0.1) is 0 Å². The molecular weight excluding hydrogens is 320 g/mol. The number of aromatic nitrogens is 3. The van der Waals surface area contributed by atoms with Crippen molar-refractivity contribution in [3.8, 4) is 0 Å². The van der Waals surface area contributed by atoms with Crippen molar-refractivity contribution in [1.29, 1.82) is 0 Å². The Balaban J connectivity index is 1.61. The highest BCUT2D eigenvalue weighted by molar-refractivity contribution is 5.82. The van der Waals surface area contributed by atoms with Crippen LogP contribution in [0.4, 0.5) is 0 Å². The van der Waals surface area contributed by atoms with Crippen LogP contribution >= 0.6 is 0 Å². The molecule has 4 rings (SSSR count). The Morgan fingerprint density at radius 1 is 1.24 bits per heavy atom. The minimum atomic E-state index is -0.184. The molecule has 0 unspecified atom stereocenters. The second-order valence-corrected chi connectivity index (χ2v) is 6.22. The number of pyridine rings is 1. The van der Waals surface area contributed by atoms with Crippen LogP contribution in [0.2, 0.25) is 0 Å². The van der Waals surface area contributed by atoms with Crippen molar-refractivity contribution in [1.82, 2.24) is 19.6 Å². The molecule has 7 nitrogen and oxygen atoms in total. The maximum absolute atomic E-state index is 12.8. The smallest absolute Gasteiger partial charge is 0.258 e. The van der Waals surface area contributed by atoms with Gasteiger partial charge in [0.05, 0.1) is 6.04 Å². The summed E-state index contributed by atoms with van der Waals surface area (Å²) >= 11 is 0. The van der Waals surface area contributed by atoms with Crippen LogP contribution in [0.1, 0.15) is 31.1 Å². The zero-order valence-electron chi connectivity index (χ0n) is 13.7. The summed E-state index contributed by atoms with van der Waals surface area (Å²) < 4.78 is 6.29. The van der Waals surface area contributed by atoms with E-state index in [1.165, 1.54) is 11.0 Å². The topological polar surface area (TPSA) is 81.2 Å².